The molecule has 0 saturated carbocycles. The molecule has 1 aliphatic heterocycles. The minimum absolute atomic E-state index is 0.408. The van der Waals surface area contributed by atoms with Gasteiger partial charge < -0.3 is 0 Å². The third-order valence-electron chi connectivity index (χ3n) is 4.25. The molecule has 1 aliphatic carbocycles. The Balaban J connectivity index is 2.30. The van der Waals surface area contributed by atoms with Gasteiger partial charge in [0.25, 0.3) is 0 Å². The molecule has 2 rings (SSSR count). The molecule has 0 bridgehead atoms. The molecule has 13 heavy (non-hydrogen) atoms. The van der Waals surface area contributed by atoms with Gasteiger partial charge in [0.15, 0.2) is 0 Å². The zero-order valence-corrected chi connectivity index (χ0v) is 10.4. The Kier molecular flexibility index (Phi) is 2.23. The second kappa shape index (κ2) is 3.12. The van der Waals surface area contributed by atoms with Crippen LogP contribution in [0.1, 0.15) is 34.1 Å². The van der Waals surface area contributed by atoms with E-state index < -0.39 is 8.80 Å². The van der Waals surface area contributed by atoms with E-state index in [0.717, 1.165) is 5.92 Å². The summed E-state index contributed by atoms with van der Waals surface area (Å²) in [6.45, 7) is 9.39. The van der Waals surface area contributed by atoms with E-state index in [1.54, 1.807) is 28.8 Å². The Morgan fingerprint density at radius 2 is 1.69 bits per heavy atom. The average Bonchev–Trinajstić information content (AvgIpc) is 2.19. The second-order valence-corrected chi connectivity index (χ2v) is 7.91. The maximum absolute atomic E-state index is 2.41. The molecule has 0 aromatic rings. The molecule has 2 aliphatic rings. The van der Waals surface area contributed by atoms with Gasteiger partial charge in [-0.25, -0.2) is 0 Å². The highest BCUT2D eigenvalue weighted by atomic mass is 28.3. The van der Waals surface area contributed by atoms with Crippen molar-refractivity contribution in [1.29, 1.82) is 0 Å². The summed E-state index contributed by atoms with van der Waals surface area (Å²) in [5.74, 6) is 0.803. The topological polar surface area (TPSA) is 0 Å². The van der Waals surface area contributed by atoms with Crippen LogP contribution in [0.5, 0.6) is 0 Å². The molecular weight excluding hydrogens is 172 g/mol. The highest BCUT2D eigenvalue weighted by Gasteiger charge is 2.33. The van der Waals surface area contributed by atoms with Crippen LogP contribution in [0.3, 0.4) is 0 Å². The van der Waals surface area contributed by atoms with Crippen LogP contribution in [0.15, 0.2) is 21.9 Å². The fourth-order valence-corrected chi connectivity index (χ4v) is 6.00. The van der Waals surface area contributed by atoms with Crippen molar-refractivity contribution in [3.05, 3.63) is 21.9 Å². The zero-order chi connectivity index (χ0) is 9.59. The first kappa shape index (κ1) is 9.26. The first-order chi connectivity index (χ1) is 6.13. The summed E-state index contributed by atoms with van der Waals surface area (Å²) < 4.78 is 0. The van der Waals surface area contributed by atoms with E-state index in [9.17, 15) is 0 Å². The van der Waals surface area contributed by atoms with E-state index in [4.69, 9.17) is 0 Å². The van der Waals surface area contributed by atoms with Crippen LogP contribution in [0.4, 0.5) is 0 Å². The van der Waals surface area contributed by atoms with Gasteiger partial charge in [-0.2, -0.15) is 0 Å². The summed E-state index contributed by atoms with van der Waals surface area (Å²) in [7, 11) is -0.408. The van der Waals surface area contributed by atoms with Gasteiger partial charge in [-0.1, -0.05) is 41.8 Å². The van der Waals surface area contributed by atoms with Crippen molar-refractivity contribution in [2.75, 3.05) is 0 Å². The average molecular weight is 192 g/mol. The summed E-state index contributed by atoms with van der Waals surface area (Å²) >= 11 is 0. The number of allylic oxidation sites excluding steroid dienone is 4. The normalized spacial score (nSPS) is 30.0. The summed E-state index contributed by atoms with van der Waals surface area (Å²) in [5, 5.41) is 1.90. The van der Waals surface area contributed by atoms with Crippen LogP contribution in [-0.2, 0) is 0 Å². The minimum atomic E-state index is -0.408. The lowest BCUT2D eigenvalue weighted by atomic mass is 10.1. The second-order valence-electron chi connectivity index (χ2n) is 4.74. The van der Waals surface area contributed by atoms with Crippen molar-refractivity contribution in [2.45, 2.75) is 46.2 Å². The quantitative estimate of drug-likeness (QED) is 0.558. The molecule has 0 aromatic carbocycles. The largest absolute Gasteiger partial charge is 0.0743 e. The predicted octanol–water partition coefficient (Wildman–Crippen LogP) is 3.46. The molecule has 1 heteroatoms. The fraction of sp³-hybridized carbons (Fsp3) is 0.667. The summed E-state index contributed by atoms with van der Waals surface area (Å²) in [4.78, 5) is 0. The number of hydrogen-bond donors (Lipinski definition) is 0. The van der Waals surface area contributed by atoms with Crippen LogP contribution >= 0.6 is 0 Å². The third kappa shape index (κ3) is 1.25. The molecule has 1 heterocycles. The van der Waals surface area contributed by atoms with E-state index in [0.29, 0.717) is 0 Å². The highest BCUT2D eigenvalue weighted by Crippen LogP contribution is 2.42. The Morgan fingerprint density at radius 1 is 1.08 bits per heavy atom. The van der Waals surface area contributed by atoms with Crippen molar-refractivity contribution in [2.24, 2.45) is 5.92 Å². The lowest BCUT2D eigenvalue weighted by Gasteiger charge is -2.29. The van der Waals surface area contributed by atoms with Crippen LogP contribution in [0.2, 0.25) is 12.1 Å². The van der Waals surface area contributed by atoms with E-state index in [2.05, 4.69) is 27.7 Å². The summed E-state index contributed by atoms with van der Waals surface area (Å²) in [6, 6.07) is 3.16. The predicted molar refractivity (Wildman–Crippen MR) is 61.6 cm³/mol. The van der Waals surface area contributed by atoms with Crippen LogP contribution < -0.4 is 0 Å². The SMILES string of the molecule is CC1=C(C)C(C)C([SiH]2CCC2)=C1C. The standard InChI is InChI=1S/C12H20Si/c1-8-9(2)11(4)12(10(8)3)13-6-5-7-13/h10,13H,5-7H2,1-4H3. The molecular formula is C12H20Si. The van der Waals surface area contributed by atoms with E-state index in [1.165, 1.54) is 6.42 Å². The first-order valence-electron chi connectivity index (χ1n) is 5.51. The molecule has 72 valence electrons. The van der Waals surface area contributed by atoms with Gasteiger partial charge in [-0.15, -0.1) is 0 Å². The Bertz CT molecular complexity index is 292. The maximum Gasteiger partial charge on any atom is 0.0667 e. The minimum Gasteiger partial charge on any atom is -0.0743 e. The number of rotatable bonds is 1. The van der Waals surface area contributed by atoms with Crippen LogP contribution in [0, 0.1) is 5.92 Å². The molecule has 1 unspecified atom stereocenters. The van der Waals surface area contributed by atoms with Gasteiger partial charge in [0.05, 0.1) is 8.80 Å². The Morgan fingerprint density at radius 3 is 2.00 bits per heavy atom. The van der Waals surface area contributed by atoms with Gasteiger partial charge >= 0.3 is 0 Å². The molecule has 1 atom stereocenters. The van der Waals surface area contributed by atoms with Gasteiger partial charge in [0.1, 0.15) is 0 Å². The van der Waals surface area contributed by atoms with Crippen molar-refractivity contribution in [3.63, 3.8) is 0 Å². The van der Waals surface area contributed by atoms with Crippen molar-refractivity contribution in [1.82, 2.24) is 0 Å². The monoisotopic (exact) mass is 192 g/mol. The van der Waals surface area contributed by atoms with Gasteiger partial charge in [0.2, 0.25) is 0 Å². The summed E-state index contributed by atoms with van der Waals surface area (Å²) in [6.07, 6.45) is 1.51. The van der Waals surface area contributed by atoms with Crippen LogP contribution in [0.25, 0.3) is 0 Å². The maximum atomic E-state index is 2.41. The lowest BCUT2D eigenvalue weighted by molar-refractivity contribution is 0.825. The van der Waals surface area contributed by atoms with E-state index in [1.807, 2.05) is 5.20 Å². The van der Waals surface area contributed by atoms with Crippen molar-refractivity contribution in [3.8, 4) is 0 Å². The van der Waals surface area contributed by atoms with Crippen LogP contribution in [-0.4, -0.2) is 8.80 Å². The zero-order valence-electron chi connectivity index (χ0n) is 9.28. The first-order valence-corrected chi connectivity index (χ1v) is 7.72. The molecule has 1 fully saturated rings. The van der Waals surface area contributed by atoms with Gasteiger partial charge in [-0.05, 0) is 32.3 Å². The smallest absolute Gasteiger partial charge is 0.0667 e. The van der Waals surface area contributed by atoms with E-state index in [-0.39, 0.29) is 0 Å². The fourth-order valence-electron chi connectivity index (χ4n) is 2.77. The Labute approximate surface area is 83.3 Å². The van der Waals surface area contributed by atoms with Gasteiger partial charge in [-0.3, -0.25) is 0 Å². The molecule has 0 N–H and O–H groups in total. The lowest BCUT2D eigenvalue weighted by Crippen LogP contribution is -2.27. The van der Waals surface area contributed by atoms with Crippen molar-refractivity contribution >= 4 is 8.80 Å². The third-order valence-corrected chi connectivity index (χ3v) is 8.27. The number of hydrogen-bond acceptors (Lipinski definition) is 0. The van der Waals surface area contributed by atoms with Gasteiger partial charge in [0, 0.05) is 0 Å². The molecule has 0 nitrogen and oxygen atoms in total. The molecule has 0 aromatic heterocycles. The summed E-state index contributed by atoms with van der Waals surface area (Å²) in [5.41, 5.74) is 4.91. The molecule has 1 saturated heterocycles. The Hall–Kier alpha value is -0.303. The highest BCUT2D eigenvalue weighted by molar-refractivity contribution is 6.69. The van der Waals surface area contributed by atoms with Crippen molar-refractivity contribution < 1.29 is 0 Å². The molecule has 0 radical (unpaired) electrons. The van der Waals surface area contributed by atoms with E-state index >= 15 is 0 Å². The molecule has 0 amide bonds. The molecule has 0 spiro atoms.